The van der Waals surface area contributed by atoms with Crippen LogP contribution in [0.3, 0.4) is 0 Å². The molecule has 0 spiro atoms. The number of fused-ring (bicyclic) bond motifs is 1. The summed E-state index contributed by atoms with van der Waals surface area (Å²) < 4.78 is 18.1. The minimum Gasteiger partial charge on any atom is -0.466 e. The summed E-state index contributed by atoms with van der Waals surface area (Å²) in [6.45, 7) is 2.16. The second kappa shape index (κ2) is 4.84. The van der Waals surface area contributed by atoms with Crippen molar-refractivity contribution in [1.82, 2.24) is 0 Å². The van der Waals surface area contributed by atoms with E-state index in [1.807, 2.05) is 0 Å². The maximum absolute atomic E-state index is 13.1. The standard InChI is InChI=1S/C13H16FNO2/c1-2-17-13(16)9-5-8-3-4-10(14)7-11(8)12(15)6-9/h3-4,7,9,12H,2,5-6,15H2,1H3. The van der Waals surface area contributed by atoms with Gasteiger partial charge in [0.2, 0.25) is 0 Å². The van der Waals surface area contributed by atoms with Crippen LogP contribution in [0, 0.1) is 11.7 Å². The van der Waals surface area contributed by atoms with E-state index in [-0.39, 0.29) is 23.7 Å². The third-order valence-electron chi connectivity index (χ3n) is 3.13. The molecule has 1 aromatic carbocycles. The highest BCUT2D eigenvalue weighted by molar-refractivity contribution is 5.73. The van der Waals surface area contributed by atoms with Crippen LogP contribution in [0.5, 0.6) is 0 Å². The normalized spacial score (nSPS) is 23.0. The van der Waals surface area contributed by atoms with Gasteiger partial charge in [0, 0.05) is 6.04 Å². The summed E-state index contributed by atoms with van der Waals surface area (Å²) in [6.07, 6.45) is 1.11. The first kappa shape index (κ1) is 12.0. The van der Waals surface area contributed by atoms with E-state index in [0.717, 1.165) is 11.1 Å². The fourth-order valence-electron chi connectivity index (χ4n) is 2.32. The van der Waals surface area contributed by atoms with E-state index in [4.69, 9.17) is 10.5 Å². The lowest BCUT2D eigenvalue weighted by molar-refractivity contribution is -0.148. The van der Waals surface area contributed by atoms with Gasteiger partial charge in [0.25, 0.3) is 0 Å². The number of hydrogen-bond donors (Lipinski definition) is 1. The van der Waals surface area contributed by atoms with Crippen molar-refractivity contribution in [2.24, 2.45) is 11.7 Å². The van der Waals surface area contributed by atoms with E-state index in [9.17, 15) is 9.18 Å². The Hall–Kier alpha value is -1.42. The van der Waals surface area contributed by atoms with Crippen LogP contribution >= 0.6 is 0 Å². The second-order valence-electron chi connectivity index (χ2n) is 4.34. The first-order valence-electron chi connectivity index (χ1n) is 5.82. The molecule has 0 aromatic heterocycles. The number of rotatable bonds is 2. The fraction of sp³-hybridized carbons (Fsp3) is 0.462. The largest absolute Gasteiger partial charge is 0.466 e. The van der Waals surface area contributed by atoms with Gasteiger partial charge in [0.05, 0.1) is 12.5 Å². The molecule has 0 fully saturated rings. The summed E-state index contributed by atoms with van der Waals surface area (Å²) in [5, 5.41) is 0. The third kappa shape index (κ3) is 2.47. The van der Waals surface area contributed by atoms with E-state index in [1.54, 1.807) is 13.0 Å². The summed E-state index contributed by atoms with van der Waals surface area (Å²) in [5.41, 5.74) is 7.72. The van der Waals surface area contributed by atoms with E-state index in [1.165, 1.54) is 12.1 Å². The van der Waals surface area contributed by atoms with E-state index < -0.39 is 0 Å². The van der Waals surface area contributed by atoms with Crippen molar-refractivity contribution in [3.63, 3.8) is 0 Å². The molecule has 0 heterocycles. The van der Waals surface area contributed by atoms with Crippen molar-refractivity contribution in [2.75, 3.05) is 6.61 Å². The maximum Gasteiger partial charge on any atom is 0.309 e. The highest BCUT2D eigenvalue weighted by atomic mass is 19.1. The summed E-state index contributed by atoms with van der Waals surface area (Å²) in [7, 11) is 0. The number of nitrogens with two attached hydrogens (primary N) is 1. The molecule has 1 aliphatic rings. The molecule has 2 rings (SSSR count). The molecule has 4 heteroatoms. The second-order valence-corrected chi connectivity index (χ2v) is 4.34. The number of ether oxygens (including phenoxy) is 1. The molecule has 92 valence electrons. The topological polar surface area (TPSA) is 52.3 Å². The first-order chi connectivity index (χ1) is 8.11. The lowest BCUT2D eigenvalue weighted by atomic mass is 9.81. The molecular weight excluding hydrogens is 221 g/mol. The molecule has 2 atom stereocenters. The van der Waals surface area contributed by atoms with Crippen LogP contribution in [0.15, 0.2) is 18.2 Å². The van der Waals surface area contributed by atoms with Crippen LogP contribution in [0.4, 0.5) is 4.39 Å². The zero-order valence-electron chi connectivity index (χ0n) is 9.78. The summed E-state index contributed by atoms with van der Waals surface area (Å²) >= 11 is 0. The molecule has 2 N–H and O–H groups in total. The van der Waals surface area contributed by atoms with Crippen LogP contribution < -0.4 is 5.73 Å². The van der Waals surface area contributed by atoms with Gasteiger partial charge in [0.1, 0.15) is 5.82 Å². The third-order valence-corrected chi connectivity index (χ3v) is 3.13. The van der Waals surface area contributed by atoms with Crippen LogP contribution in [0.2, 0.25) is 0 Å². The number of hydrogen-bond acceptors (Lipinski definition) is 3. The van der Waals surface area contributed by atoms with Gasteiger partial charge in [-0.2, -0.15) is 0 Å². The molecule has 0 saturated carbocycles. The van der Waals surface area contributed by atoms with Crippen molar-refractivity contribution in [3.8, 4) is 0 Å². The number of benzene rings is 1. The number of esters is 1. The van der Waals surface area contributed by atoms with Crippen molar-refractivity contribution in [1.29, 1.82) is 0 Å². The minimum absolute atomic E-state index is 0.206. The number of halogens is 1. The van der Waals surface area contributed by atoms with Gasteiger partial charge in [-0.1, -0.05) is 6.07 Å². The van der Waals surface area contributed by atoms with Gasteiger partial charge < -0.3 is 10.5 Å². The molecule has 0 amide bonds. The Bertz CT molecular complexity index is 433. The maximum atomic E-state index is 13.1. The minimum atomic E-state index is -0.288. The van der Waals surface area contributed by atoms with Gasteiger partial charge in [-0.3, -0.25) is 4.79 Å². The Morgan fingerprint density at radius 3 is 3.06 bits per heavy atom. The van der Waals surface area contributed by atoms with Gasteiger partial charge in [0.15, 0.2) is 0 Å². The highest BCUT2D eigenvalue weighted by Crippen LogP contribution is 2.32. The van der Waals surface area contributed by atoms with E-state index in [0.29, 0.717) is 19.4 Å². The average Bonchev–Trinajstić information content (AvgIpc) is 2.30. The average molecular weight is 237 g/mol. The predicted molar refractivity (Wildman–Crippen MR) is 61.8 cm³/mol. The number of carbonyl (C=O) groups is 1. The molecule has 2 unspecified atom stereocenters. The SMILES string of the molecule is CCOC(=O)C1Cc2ccc(F)cc2C(N)C1. The van der Waals surface area contributed by atoms with Crippen LogP contribution in [0.1, 0.15) is 30.5 Å². The van der Waals surface area contributed by atoms with Crippen LogP contribution in [0.25, 0.3) is 0 Å². The van der Waals surface area contributed by atoms with Gasteiger partial charge in [-0.15, -0.1) is 0 Å². The summed E-state index contributed by atoms with van der Waals surface area (Å²) in [5.74, 6) is -0.699. The molecule has 1 aromatic rings. The summed E-state index contributed by atoms with van der Waals surface area (Å²) in [4.78, 5) is 11.7. The van der Waals surface area contributed by atoms with Crippen LogP contribution in [-0.4, -0.2) is 12.6 Å². The lowest BCUT2D eigenvalue weighted by Crippen LogP contribution is -2.30. The van der Waals surface area contributed by atoms with Gasteiger partial charge >= 0.3 is 5.97 Å². The monoisotopic (exact) mass is 237 g/mol. The molecule has 17 heavy (non-hydrogen) atoms. The van der Waals surface area contributed by atoms with E-state index >= 15 is 0 Å². The van der Waals surface area contributed by atoms with Crippen molar-refractivity contribution < 1.29 is 13.9 Å². The molecule has 1 aliphatic carbocycles. The molecule has 0 bridgehead atoms. The lowest BCUT2D eigenvalue weighted by Gasteiger charge is -2.28. The first-order valence-corrected chi connectivity index (χ1v) is 5.82. The molecular formula is C13H16FNO2. The van der Waals surface area contributed by atoms with E-state index in [2.05, 4.69) is 0 Å². The Balaban J connectivity index is 2.21. The molecule has 0 aliphatic heterocycles. The zero-order valence-corrected chi connectivity index (χ0v) is 9.78. The summed E-state index contributed by atoms with van der Waals surface area (Å²) in [6, 6.07) is 4.28. The quantitative estimate of drug-likeness (QED) is 0.800. The van der Waals surface area contributed by atoms with Crippen molar-refractivity contribution in [2.45, 2.75) is 25.8 Å². The van der Waals surface area contributed by atoms with Crippen molar-refractivity contribution in [3.05, 3.63) is 35.1 Å². The molecule has 3 nitrogen and oxygen atoms in total. The number of carbonyl (C=O) groups excluding carboxylic acids is 1. The van der Waals surface area contributed by atoms with Gasteiger partial charge in [-0.25, -0.2) is 4.39 Å². The zero-order chi connectivity index (χ0) is 12.4. The Morgan fingerprint density at radius 1 is 1.59 bits per heavy atom. The Morgan fingerprint density at radius 2 is 2.35 bits per heavy atom. The smallest absolute Gasteiger partial charge is 0.309 e. The molecule has 0 radical (unpaired) electrons. The Kier molecular flexibility index (Phi) is 3.43. The van der Waals surface area contributed by atoms with Crippen molar-refractivity contribution >= 4 is 5.97 Å². The Labute approximate surface area is 99.8 Å². The highest BCUT2D eigenvalue weighted by Gasteiger charge is 2.30. The predicted octanol–water partition coefficient (Wildman–Crippen LogP) is 1.95. The fourth-order valence-corrected chi connectivity index (χ4v) is 2.32. The van der Waals surface area contributed by atoms with Crippen LogP contribution in [-0.2, 0) is 16.0 Å². The molecule has 0 saturated heterocycles. The van der Waals surface area contributed by atoms with Gasteiger partial charge in [-0.05, 0) is 43.0 Å².